The van der Waals surface area contributed by atoms with Crippen molar-refractivity contribution in [1.82, 2.24) is 5.32 Å². The van der Waals surface area contributed by atoms with Gasteiger partial charge in [0.15, 0.2) is 5.84 Å². The molecule has 3 atom stereocenters. The quantitative estimate of drug-likeness (QED) is 0.333. The number of carbonyl (C=O) groups excluding carboxylic acids is 1. The average Bonchev–Trinajstić information content (AvgIpc) is 2.91. The summed E-state index contributed by atoms with van der Waals surface area (Å²) >= 11 is 0. The molecule has 1 aromatic rings. The Morgan fingerprint density at radius 3 is 2.70 bits per heavy atom. The molecular weight excluding hydrogens is 258 g/mol. The molecule has 20 heavy (non-hydrogen) atoms. The van der Waals surface area contributed by atoms with E-state index < -0.39 is 12.1 Å². The first-order valence-electron chi connectivity index (χ1n) is 6.60. The van der Waals surface area contributed by atoms with E-state index in [9.17, 15) is 4.79 Å². The highest BCUT2D eigenvalue weighted by Crippen LogP contribution is 2.20. The van der Waals surface area contributed by atoms with Gasteiger partial charge in [0.1, 0.15) is 12.1 Å². The van der Waals surface area contributed by atoms with E-state index in [1.807, 2.05) is 25.1 Å². The van der Waals surface area contributed by atoms with Crippen LogP contribution in [0.3, 0.4) is 0 Å². The minimum Gasteiger partial charge on any atom is -0.409 e. The van der Waals surface area contributed by atoms with Gasteiger partial charge >= 0.3 is 0 Å². The summed E-state index contributed by atoms with van der Waals surface area (Å²) in [5, 5.41) is 14.6. The van der Waals surface area contributed by atoms with E-state index >= 15 is 0 Å². The van der Waals surface area contributed by atoms with Gasteiger partial charge in [0.2, 0.25) is 5.91 Å². The maximum absolute atomic E-state index is 12.2. The van der Waals surface area contributed by atoms with E-state index in [2.05, 4.69) is 10.5 Å². The third kappa shape index (κ3) is 3.27. The summed E-state index contributed by atoms with van der Waals surface area (Å²) in [6.07, 6.45) is 1.16. The van der Waals surface area contributed by atoms with Crippen LogP contribution in [0.5, 0.6) is 0 Å². The SMILES string of the molecule is CC1CCC(C(=O)NC(/C(N)=N/O)c2ccccc2)O1. The first kappa shape index (κ1) is 14.3. The molecule has 0 spiro atoms. The predicted molar refractivity (Wildman–Crippen MR) is 74.3 cm³/mol. The summed E-state index contributed by atoms with van der Waals surface area (Å²) in [5.74, 6) is -0.301. The number of hydrogen-bond donors (Lipinski definition) is 3. The second-order valence-corrected chi connectivity index (χ2v) is 4.89. The number of ether oxygens (including phenoxy) is 1. The maximum atomic E-state index is 12.2. The smallest absolute Gasteiger partial charge is 0.249 e. The molecule has 6 heteroatoms. The van der Waals surface area contributed by atoms with E-state index in [4.69, 9.17) is 15.7 Å². The van der Waals surface area contributed by atoms with Crippen LogP contribution in [-0.4, -0.2) is 29.2 Å². The van der Waals surface area contributed by atoms with Gasteiger partial charge in [0.05, 0.1) is 6.10 Å². The zero-order valence-corrected chi connectivity index (χ0v) is 11.3. The van der Waals surface area contributed by atoms with Gasteiger partial charge in [-0.1, -0.05) is 35.5 Å². The van der Waals surface area contributed by atoms with Crippen LogP contribution >= 0.6 is 0 Å². The monoisotopic (exact) mass is 277 g/mol. The van der Waals surface area contributed by atoms with Crippen molar-refractivity contribution >= 4 is 11.7 Å². The van der Waals surface area contributed by atoms with Gasteiger partial charge in [-0.2, -0.15) is 0 Å². The van der Waals surface area contributed by atoms with E-state index in [1.54, 1.807) is 12.1 Å². The highest BCUT2D eigenvalue weighted by Gasteiger charge is 2.30. The van der Waals surface area contributed by atoms with E-state index in [0.717, 1.165) is 12.0 Å². The lowest BCUT2D eigenvalue weighted by molar-refractivity contribution is -0.132. The summed E-state index contributed by atoms with van der Waals surface area (Å²) < 4.78 is 5.52. The summed E-state index contributed by atoms with van der Waals surface area (Å²) in [7, 11) is 0. The molecule has 1 aromatic carbocycles. The summed E-state index contributed by atoms with van der Waals surface area (Å²) in [6, 6.07) is 8.47. The predicted octanol–water partition coefficient (Wildman–Crippen LogP) is 1.16. The summed E-state index contributed by atoms with van der Waals surface area (Å²) in [5.41, 5.74) is 6.42. The number of benzene rings is 1. The van der Waals surface area contributed by atoms with Gasteiger partial charge in [0, 0.05) is 0 Å². The molecular formula is C14H19N3O3. The maximum Gasteiger partial charge on any atom is 0.249 e. The van der Waals surface area contributed by atoms with E-state index in [-0.39, 0.29) is 17.8 Å². The van der Waals surface area contributed by atoms with Crippen LogP contribution in [0.15, 0.2) is 35.5 Å². The molecule has 0 aromatic heterocycles. The van der Waals surface area contributed by atoms with Crippen molar-refractivity contribution < 1.29 is 14.7 Å². The molecule has 0 saturated carbocycles. The van der Waals surface area contributed by atoms with Gasteiger partial charge in [-0.25, -0.2) is 0 Å². The fourth-order valence-corrected chi connectivity index (χ4v) is 2.26. The molecule has 0 bridgehead atoms. The molecule has 0 radical (unpaired) electrons. The van der Waals surface area contributed by atoms with Gasteiger partial charge in [-0.3, -0.25) is 4.79 Å². The Morgan fingerprint density at radius 2 is 2.15 bits per heavy atom. The third-order valence-electron chi connectivity index (χ3n) is 3.36. The van der Waals surface area contributed by atoms with Crippen molar-refractivity contribution in [2.24, 2.45) is 10.9 Å². The Bertz CT molecular complexity index is 490. The Labute approximate surface area is 117 Å². The van der Waals surface area contributed by atoms with Crippen LogP contribution < -0.4 is 11.1 Å². The minimum atomic E-state index is -0.659. The Hall–Kier alpha value is -2.08. The fourth-order valence-electron chi connectivity index (χ4n) is 2.26. The normalized spacial score (nSPS) is 24.4. The molecule has 1 saturated heterocycles. The number of rotatable bonds is 4. The van der Waals surface area contributed by atoms with Crippen molar-refractivity contribution in [3.8, 4) is 0 Å². The van der Waals surface area contributed by atoms with Crippen LogP contribution in [0.25, 0.3) is 0 Å². The third-order valence-corrected chi connectivity index (χ3v) is 3.36. The lowest BCUT2D eigenvalue weighted by Gasteiger charge is -2.20. The second-order valence-electron chi connectivity index (χ2n) is 4.89. The minimum absolute atomic E-state index is 0.0596. The van der Waals surface area contributed by atoms with Crippen molar-refractivity contribution in [1.29, 1.82) is 0 Å². The van der Waals surface area contributed by atoms with Gasteiger partial charge in [-0.05, 0) is 25.3 Å². The molecule has 1 amide bonds. The number of amidine groups is 1. The first-order valence-corrected chi connectivity index (χ1v) is 6.60. The Morgan fingerprint density at radius 1 is 1.45 bits per heavy atom. The van der Waals surface area contributed by atoms with Crippen LogP contribution in [0.1, 0.15) is 31.4 Å². The van der Waals surface area contributed by atoms with Crippen molar-refractivity contribution in [2.75, 3.05) is 0 Å². The van der Waals surface area contributed by atoms with Crippen LogP contribution in [0.4, 0.5) is 0 Å². The number of carbonyl (C=O) groups is 1. The van der Waals surface area contributed by atoms with Crippen LogP contribution in [0, 0.1) is 0 Å². The molecule has 1 aliphatic heterocycles. The molecule has 0 aliphatic carbocycles. The van der Waals surface area contributed by atoms with Crippen LogP contribution in [-0.2, 0) is 9.53 Å². The zero-order valence-electron chi connectivity index (χ0n) is 11.3. The molecule has 108 valence electrons. The molecule has 1 aliphatic rings. The van der Waals surface area contributed by atoms with Gasteiger partial charge < -0.3 is 21.0 Å². The highest BCUT2D eigenvalue weighted by atomic mass is 16.5. The van der Waals surface area contributed by atoms with Gasteiger partial charge in [-0.15, -0.1) is 0 Å². The number of nitrogens with two attached hydrogens (primary N) is 1. The fraction of sp³-hybridized carbons (Fsp3) is 0.429. The van der Waals surface area contributed by atoms with E-state index in [1.165, 1.54) is 0 Å². The molecule has 3 unspecified atom stereocenters. The summed E-state index contributed by atoms with van der Waals surface area (Å²) in [4.78, 5) is 12.2. The number of amides is 1. The Kier molecular flexibility index (Phi) is 4.57. The second kappa shape index (κ2) is 6.38. The number of oxime groups is 1. The molecule has 2 rings (SSSR count). The first-order chi connectivity index (χ1) is 9.61. The van der Waals surface area contributed by atoms with E-state index in [0.29, 0.717) is 6.42 Å². The molecule has 1 fully saturated rings. The molecule has 1 heterocycles. The topological polar surface area (TPSA) is 96.9 Å². The van der Waals surface area contributed by atoms with Crippen molar-refractivity contribution in [2.45, 2.75) is 38.0 Å². The average molecular weight is 277 g/mol. The van der Waals surface area contributed by atoms with Crippen molar-refractivity contribution in [3.05, 3.63) is 35.9 Å². The lowest BCUT2D eigenvalue weighted by atomic mass is 10.1. The molecule has 6 nitrogen and oxygen atoms in total. The Balaban J connectivity index is 2.11. The standard InChI is InChI=1S/C14H19N3O3/c1-9-7-8-11(20-9)14(18)16-12(13(15)17-19)10-5-3-2-4-6-10/h2-6,9,11-12,19H,7-8H2,1H3,(H2,15,17)(H,16,18). The van der Waals surface area contributed by atoms with Crippen LogP contribution in [0.2, 0.25) is 0 Å². The van der Waals surface area contributed by atoms with Gasteiger partial charge in [0.25, 0.3) is 0 Å². The largest absolute Gasteiger partial charge is 0.409 e. The lowest BCUT2D eigenvalue weighted by Crippen LogP contribution is -2.42. The molecule has 4 N–H and O–H groups in total. The van der Waals surface area contributed by atoms with Crippen molar-refractivity contribution in [3.63, 3.8) is 0 Å². The number of hydrogen-bond acceptors (Lipinski definition) is 4. The number of nitrogens with zero attached hydrogens (tertiary/aromatic N) is 1. The highest BCUT2D eigenvalue weighted by molar-refractivity contribution is 5.92. The number of nitrogens with one attached hydrogen (secondary N) is 1. The zero-order chi connectivity index (χ0) is 14.5. The summed E-state index contributed by atoms with van der Waals surface area (Å²) in [6.45, 7) is 1.94.